The van der Waals surface area contributed by atoms with E-state index in [1.807, 2.05) is 18.3 Å². The van der Waals surface area contributed by atoms with Crippen molar-refractivity contribution in [2.24, 2.45) is 0 Å². The first kappa shape index (κ1) is 18.3. The number of nitrogens with zero attached hydrogens (tertiary/aromatic N) is 6. The number of oxazole rings is 1. The fourth-order valence-electron chi connectivity index (χ4n) is 3.90. The van der Waals surface area contributed by atoms with Gasteiger partial charge in [0.15, 0.2) is 5.58 Å². The van der Waals surface area contributed by atoms with E-state index in [4.69, 9.17) is 10.2 Å². The summed E-state index contributed by atoms with van der Waals surface area (Å²) < 4.78 is 7.93. The average Bonchev–Trinajstić information content (AvgIpc) is 3.42. The van der Waals surface area contributed by atoms with E-state index >= 15 is 0 Å². The number of para-hydroxylation sites is 1. The minimum atomic E-state index is 0.325. The van der Waals surface area contributed by atoms with Crippen LogP contribution in [0.2, 0.25) is 0 Å². The van der Waals surface area contributed by atoms with Crippen LogP contribution in [0, 0.1) is 11.3 Å². The lowest BCUT2D eigenvalue weighted by molar-refractivity contribution is 0.212. The highest BCUT2D eigenvalue weighted by Crippen LogP contribution is 2.32. The molecule has 4 heterocycles. The Morgan fingerprint density at radius 3 is 2.83 bits per heavy atom. The topological polar surface area (TPSA) is 110 Å². The van der Waals surface area contributed by atoms with Crippen molar-refractivity contribution in [2.45, 2.75) is 18.9 Å². The molecule has 4 aromatic rings. The zero-order valence-corrected chi connectivity index (χ0v) is 16.6. The Bertz CT molecular complexity index is 1260. The summed E-state index contributed by atoms with van der Waals surface area (Å²) in [6.07, 6.45) is 7.83. The zero-order valence-electron chi connectivity index (χ0n) is 16.6. The maximum absolute atomic E-state index is 9.30. The van der Waals surface area contributed by atoms with Crippen molar-refractivity contribution in [3.8, 4) is 28.7 Å². The Hall–Kier alpha value is -3.70. The first-order chi connectivity index (χ1) is 14.6. The van der Waals surface area contributed by atoms with Crippen LogP contribution in [0.15, 0.2) is 47.3 Å². The van der Waals surface area contributed by atoms with Gasteiger partial charge in [0.05, 0.1) is 23.4 Å². The number of anilines is 1. The smallest absolute Gasteiger partial charge is 0.231 e. The average molecular weight is 399 g/mol. The van der Waals surface area contributed by atoms with E-state index in [1.54, 1.807) is 18.3 Å². The Kier molecular flexibility index (Phi) is 4.45. The van der Waals surface area contributed by atoms with Gasteiger partial charge in [0, 0.05) is 23.5 Å². The van der Waals surface area contributed by atoms with Gasteiger partial charge in [0.2, 0.25) is 5.89 Å². The van der Waals surface area contributed by atoms with Crippen molar-refractivity contribution in [3.05, 3.63) is 48.4 Å². The summed E-state index contributed by atoms with van der Waals surface area (Å²) in [6.45, 7) is 2.16. The number of rotatable bonds is 3. The zero-order chi connectivity index (χ0) is 20.7. The maximum atomic E-state index is 9.30. The fourth-order valence-corrected chi connectivity index (χ4v) is 3.90. The molecule has 30 heavy (non-hydrogen) atoms. The van der Waals surface area contributed by atoms with Crippen molar-refractivity contribution in [3.63, 3.8) is 0 Å². The molecule has 1 saturated heterocycles. The molecule has 5 rings (SSSR count). The molecule has 1 fully saturated rings. The van der Waals surface area contributed by atoms with Crippen molar-refractivity contribution < 1.29 is 4.42 Å². The summed E-state index contributed by atoms with van der Waals surface area (Å²) in [7, 11) is 2.15. The van der Waals surface area contributed by atoms with E-state index < -0.39 is 0 Å². The van der Waals surface area contributed by atoms with Gasteiger partial charge in [-0.3, -0.25) is 4.68 Å². The number of nitrogens with two attached hydrogens (primary N) is 1. The van der Waals surface area contributed by atoms with Crippen LogP contribution in [0.5, 0.6) is 0 Å². The molecule has 0 aliphatic carbocycles. The predicted molar refractivity (Wildman–Crippen MR) is 113 cm³/mol. The molecule has 8 heteroatoms. The Balaban J connectivity index is 1.50. The number of pyridine rings is 1. The van der Waals surface area contributed by atoms with Crippen LogP contribution in [0.4, 0.5) is 5.82 Å². The van der Waals surface area contributed by atoms with Crippen molar-refractivity contribution in [1.29, 1.82) is 5.26 Å². The van der Waals surface area contributed by atoms with E-state index in [2.05, 4.69) is 44.0 Å². The molecule has 8 nitrogen and oxygen atoms in total. The Morgan fingerprint density at radius 1 is 1.20 bits per heavy atom. The van der Waals surface area contributed by atoms with E-state index in [0.717, 1.165) is 37.1 Å². The third-order valence-corrected chi connectivity index (χ3v) is 5.68. The number of likely N-dealkylation sites (tertiary alicyclic amines) is 1. The second-order valence-corrected chi connectivity index (χ2v) is 7.68. The van der Waals surface area contributed by atoms with Gasteiger partial charge in [0.1, 0.15) is 17.4 Å². The van der Waals surface area contributed by atoms with Crippen LogP contribution in [0.25, 0.3) is 33.7 Å². The first-order valence-corrected chi connectivity index (χ1v) is 9.91. The number of hydrogen-bond acceptors (Lipinski definition) is 7. The maximum Gasteiger partial charge on any atom is 0.231 e. The molecule has 0 spiro atoms. The summed E-state index contributed by atoms with van der Waals surface area (Å²) in [4.78, 5) is 11.2. The van der Waals surface area contributed by atoms with Crippen LogP contribution in [0.1, 0.15) is 24.4 Å². The lowest BCUT2D eigenvalue weighted by Crippen LogP contribution is -2.31. The number of hydrogen-bond donors (Lipinski definition) is 1. The monoisotopic (exact) mass is 399 g/mol. The van der Waals surface area contributed by atoms with E-state index in [9.17, 15) is 5.26 Å². The molecular formula is C22H21N7O. The van der Waals surface area contributed by atoms with Gasteiger partial charge < -0.3 is 15.1 Å². The van der Waals surface area contributed by atoms with E-state index in [0.29, 0.717) is 40.0 Å². The Labute approximate surface area is 173 Å². The Morgan fingerprint density at radius 2 is 2.03 bits per heavy atom. The summed E-state index contributed by atoms with van der Waals surface area (Å²) in [5.41, 5.74) is 10.1. The number of nitriles is 1. The molecule has 1 aliphatic rings. The summed E-state index contributed by atoms with van der Waals surface area (Å²) in [5, 5.41) is 13.9. The summed E-state index contributed by atoms with van der Waals surface area (Å²) >= 11 is 0. The fraction of sp³-hybridized carbons (Fsp3) is 0.273. The van der Waals surface area contributed by atoms with Gasteiger partial charge in [-0.25, -0.2) is 9.97 Å². The predicted octanol–water partition coefficient (Wildman–Crippen LogP) is 3.47. The standard InChI is InChI=1S/C22H21N7O/c1-28-7-5-17(6-8-28)29-13-16(12-26-29)15-9-18(21(24)25-11-15)22-27-19-4-2-3-14(10-23)20(19)30-22/h2-4,9,11-13,17H,5-8H2,1H3,(H2,24,25). The SMILES string of the molecule is CN1CCC(n2cc(-c3cnc(N)c(-c4nc5cccc(C#N)c5o4)c3)cn2)CC1. The highest BCUT2D eigenvalue weighted by molar-refractivity contribution is 5.84. The minimum absolute atomic E-state index is 0.325. The number of piperidine rings is 1. The third kappa shape index (κ3) is 3.19. The highest BCUT2D eigenvalue weighted by Gasteiger charge is 2.20. The highest BCUT2D eigenvalue weighted by atomic mass is 16.3. The molecule has 0 atom stereocenters. The van der Waals surface area contributed by atoms with Crippen LogP contribution in [-0.2, 0) is 0 Å². The van der Waals surface area contributed by atoms with E-state index in [-0.39, 0.29) is 0 Å². The lowest BCUT2D eigenvalue weighted by Gasteiger charge is -2.28. The van der Waals surface area contributed by atoms with E-state index in [1.165, 1.54) is 0 Å². The summed E-state index contributed by atoms with van der Waals surface area (Å²) in [5.74, 6) is 0.675. The van der Waals surface area contributed by atoms with Gasteiger partial charge in [-0.1, -0.05) is 6.07 Å². The van der Waals surface area contributed by atoms with Gasteiger partial charge in [-0.15, -0.1) is 0 Å². The molecule has 1 aliphatic heterocycles. The van der Waals surface area contributed by atoms with Crippen LogP contribution >= 0.6 is 0 Å². The minimum Gasteiger partial charge on any atom is -0.435 e. The van der Waals surface area contributed by atoms with Crippen molar-refractivity contribution >= 4 is 16.9 Å². The van der Waals surface area contributed by atoms with Gasteiger partial charge in [0.25, 0.3) is 0 Å². The van der Waals surface area contributed by atoms with Crippen molar-refractivity contribution in [1.82, 2.24) is 24.6 Å². The third-order valence-electron chi connectivity index (χ3n) is 5.68. The molecule has 2 N–H and O–H groups in total. The lowest BCUT2D eigenvalue weighted by atomic mass is 10.1. The van der Waals surface area contributed by atoms with Crippen molar-refractivity contribution in [2.75, 3.05) is 25.9 Å². The molecule has 150 valence electrons. The molecule has 0 bridgehead atoms. The molecule has 0 saturated carbocycles. The normalized spacial score (nSPS) is 15.5. The molecule has 0 radical (unpaired) electrons. The number of aromatic nitrogens is 4. The first-order valence-electron chi connectivity index (χ1n) is 9.91. The van der Waals surface area contributed by atoms with Gasteiger partial charge in [-0.05, 0) is 51.2 Å². The molecule has 0 amide bonds. The second kappa shape index (κ2) is 7.28. The molecule has 3 aromatic heterocycles. The molecule has 1 aromatic carbocycles. The molecule has 0 unspecified atom stereocenters. The van der Waals surface area contributed by atoms with Gasteiger partial charge >= 0.3 is 0 Å². The van der Waals surface area contributed by atoms with Crippen LogP contribution < -0.4 is 5.73 Å². The van der Waals surface area contributed by atoms with Gasteiger partial charge in [-0.2, -0.15) is 10.4 Å². The molecular weight excluding hydrogens is 378 g/mol. The number of benzene rings is 1. The number of nitrogen functional groups attached to an aromatic ring is 1. The number of fused-ring (bicyclic) bond motifs is 1. The van der Waals surface area contributed by atoms with Crippen LogP contribution in [0.3, 0.4) is 0 Å². The summed E-state index contributed by atoms with van der Waals surface area (Å²) in [6, 6.07) is 9.74. The second-order valence-electron chi connectivity index (χ2n) is 7.68. The van der Waals surface area contributed by atoms with Crippen LogP contribution in [-0.4, -0.2) is 44.8 Å². The largest absolute Gasteiger partial charge is 0.435 e. The quantitative estimate of drug-likeness (QED) is 0.561.